The fourth-order valence-electron chi connectivity index (χ4n) is 1.81. The van der Waals surface area contributed by atoms with Crippen LogP contribution in [-0.4, -0.2) is 16.1 Å². The Balaban J connectivity index is 1.96. The molecule has 0 spiro atoms. The Labute approximate surface area is 135 Å². The SMILES string of the molecule is O=C1NC(=Nc2ccc(F)c(Cl)c2)C(=Cc2cccnc2)S1. The first-order valence-corrected chi connectivity index (χ1v) is 7.46. The van der Waals surface area contributed by atoms with Crippen LogP contribution in [0.2, 0.25) is 5.02 Å². The Morgan fingerprint density at radius 3 is 2.95 bits per heavy atom. The van der Waals surface area contributed by atoms with E-state index in [4.69, 9.17) is 11.6 Å². The summed E-state index contributed by atoms with van der Waals surface area (Å²) in [4.78, 5) is 20.6. The van der Waals surface area contributed by atoms with Crippen molar-refractivity contribution in [2.75, 3.05) is 0 Å². The number of benzene rings is 1. The Bertz CT molecular complexity index is 793. The number of hydrogen-bond acceptors (Lipinski definition) is 4. The Kier molecular flexibility index (Phi) is 4.22. The van der Waals surface area contributed by atoms with Crippen molar-refractivity contribution in [3.63, 3.8) is 0 Å². The van der Waals surface area contributed by atoms with Crippen LogP contribution in [0.15, 0.2) is 52.6 Å². The molecule has 2 heterocycles. The van der Waals surface area contributed by atoms with E-state index in [9.17, 15) is 9.18 Å². The molecule has 2 aromatic rings. The number of nitrogens with zero attached hydrogens (tertiary/aromatic N) is 2. The highest BCUT2D eigenvalue weighted by molar-refractivity contribution is 8.18. The van der Waals surface area contributed by atoms with Gasteiger partial charge >= 0.3 is 0 Å². The summed E-state index contributed by atoms with van der Waals surface area (Å²) in [5.41, 5.74) is 1.31. The third-order valence-electron chi connectivity index (χ3n) is 2.78. The van der Waals surface area contributed by atoms with Gasteiger partial charge in [-0.15, -0.1) is 0 Å². The topological polar surface area (TPSA) is 54.4 Å². The van der Waals surface area contributed by atoms with Gasteiger partial charge in [-0.25, -0.2) is 9.38 Å². The predicted molar refractivity (Wildman–Crippen MR) is 86.8 cm³/mol. The second kappa shape index (κ2) is 6.29. The molecule has 1 aliphatic rings. The van der Waals surface area contributed by atoms with Crippen molar-refractivity contribution in [2.24, 2.45) is 4.99 Å². The number of thioether (sulfide) groups is 1. The van der Waals surface area contributed by atoms with Gasteiger partial charge in [-0.3, -0.25) is 9.78 Å². The molecule has 1 N–H and O–H groups in total. The van der Waals surface area contributed by atoms with E-state index in [1.54, 1.807) is 24.5 Å². The maximum Gasteiger partial charge on any atom is 0.289 e. The average molecular weight is 334 g/mol. The minimum Gasteiger partial charge on any atom is -0.300 e. The van der Waals surface area contributed by atoms with Gasteiger partial charge in [0.05, 0.1) is 15.6 Å². The minimum atomic E-state index is -0.512. The van der Waals surface area contributed by atoms with Crippen LogP contribution in [0.4, 0.5) is 14.9 Å². The van der Waals surface area contributed by atoms with Crippen LogP contribution >= 0.6 is 23.4 Å². The lowest BCUT2D eigenvalue weighted by molar-refractivity contribution is 0.265. The standard InChI is InChI=1S/C15H9ClFN3OS/c16-11-7-10(3-4-12(11)17)19-14-13(22-15(21)20-14)6-9-2-1-5-18-8-9/h1-8H,(H,19,20,21). The van der Waals surface area contributed by atoms with E-state index in [2.05, 4.69) is 15.3 Å². The van der Waals surface area contributed by atoms with E-state index in [0.717, 1.165) is 17.3 Å². The third kappa shape index (κ3) is 3.35. The van der Waals surface area contributed by atoms with Crippen LogP contribution in [0.3, 0.4) is 0 Å². The molecule has 1 aromatic carbocycles. The maximum atomic E-state index is 13.2. The Morgan fingerprint density at radius 2 is 2.23 bits per heavy atom. The van der Waals surface area contributed by atoms with Crippen molar-refractivity contribution < 1.29 is 9.18 Å². The number of nitrogens with one attached hydrogen (secondary N) is 1. The lowest BCUT2D eigenvalue weighted by atomic mass is 10.2. The molecule has 0 saturated carbocycles. The molecule has 1 aliphatic heterocycles. The number of amides is 1. The molecule has 1 aromatic heterocycles. The molecular weight excluding hydrogens is 325 g/mol. The lowest BCUT2D eigenvalue weighted by Gasteiger charge is -2.01. The molecule has 3 rings (SSSR count). The number of carbonyl (C=O) groups excluding carboxylic acids is 1. The van der Waals surface area contributed by atoms with Crippen LogP contribution in [-0.2, 0) is 0 Å². The number of aliphatic imine (C=N–C) groups is 1. The minimum absolute atomic E-state index is 0.0170. The second-order valence-electron chi connectivity index (χ2n) is 4.37. The molecule has 0 aliphatic carbocycles. The van der Waals surface area contributed by atoms with E-state index < -0.39 is 5.82 Å². The second-order valence-corrected chi connectivity index (χ2v) is 5.79. The van der Waals surface area contributed by atoms with Gasteiger partial charge < -0.3 is 5.32 Å². The molecule has 0 unspecified atom stereocenters. The molecular formula is C15H9ClFN3OS. The van der Waals surface area contributed by atoms with Gasteiger partial charge in [0.1, 0.15) is 11.7 Å². The van der Waals surface area contributed by atoms with Crippen molar-refractivity contribution in [3.05, 3.63) is 64.0 Å². The number of carbonyl (C=O) groups is 1. The van der Waals surface area contributed by atoms with Gasteiger partial charge in [-0.2, -0.15) is 0 Å². The van der Waals surface area contributed by atoms with Gasteiger partial charge in [0, 0.05) is 12.4 Å². The third-order valence-corrected chi connectivity index (χ3v) is 3.89. The number of pyridine rings is 1. The highest BCUT2D eigenvalue weighted by atomic mass is 35.5. The van der Waals surface area contributed by atoms with Crippen LogP contribution < -0.4 is 5.32 Å². The van der Waals surface area contributed by atoms with Crippen molar-refractivity contribution in [1.29, 1.82) is 0 Å². The zero-order valence-electron chi connectivity index (χ0n) is 11.1. The van der Waals surface area contributed by atoms with Gasteiger partial charge in [0.2, 0.25) is 0 Å². The highest BCUT2D eigenvalue weighted by Gasteiger charge is 2.23. The maximum absolute atomic E-state index is 13.2. The zero-order valence-corrected chi connectivity index (χ0v) is 12.7. The molecule has 110 valence electrons. The molecule has 1 amide bonds. The van der Waals surface area contributed by atoms with Crippen LogP contribution in [0, 0.1) is 5.82 Å². The van der Waals surface area contributed by atoms with E-state index in [1.165, 1.54) is 18.2 Å². The summed E-state index contributed by atoms with van der Waals surface area (Å²) in [5.74, 6) is -0.108. The summed E-state index contributed by atoms with van der Waals surface area (Å²) in [6, 6.07) is 7.80. The lowest BCUT2D eigenvalue weighted by Crippen LogP contribution is -2.18. The molecule has 7 heteroatoms. The summed E-state index contributed by atoms with van der Waals surface area (Å²) in [6.45, 7) is 0. The molecule has 4 nitrogen and oxygen atoms in total. The van der Waals surface area contributed by atoms with E-state index in [0.29, 0.717) is 16.4 Å². The summed E-state index contributed by atoms with van der Waals surface area (Å²) < 4.78 is 13.2. The Morgan fingerprint density at radius 1 is 1.36 bits per heavy atom. The van der Waals surface area contributed by atoms with Crippen molar-refractivity contribution in [2.45, 2.75) is 0 Å². The van der Waals surface area contributed by atoms with Gasteiger partial charge in [-0.05, 0) is 47.7 Å². The average Bonchev–Trinajstić information content (AvgIpc) is 2.83. The zero-order chi connectivity index (χ0) is 15.5. The van der Waals surface area contributed by atoms with Crippen LogP contribution in [0.25, 0.3) is 6.08 Å². The summed E-state index contributed by atoms with van der Waals surface area (Å²) >= 11 is 6.77. The quantitative estimate of drug-likeness (QED) is 0.886. The van der Waals surface area contributed by atoms with Crippen molar-refractivity contribution in [3.8, 4) is 0 Å². The summed E-state index contributed by atoms with van der Waals surface area (Å²) in [7, 11) is 0. The molecule has 1 fully saturated rings. The number of amidine groups is 1. The molecule has 22 heavy (non-hydrogen) atoms. The monoisotopic (exact) mass is 333 g/mol. The van der Waals surface area contributed by atoms with Crippen LogP contribution in [0.5, 0.6) is 0 Å². The number of rotatable bonds is 2. The summed E-state index contributed by atoms with van der Waals surface area (Å²) in [6.07, 6.45) is 5.16. The summed E-state index contributed by atoms with van der Waals surface area (Å²) in [5, 5.41) is 2.42. The smallest absolute Gasteiger partial charge is 0.289 e. The van der Waals surface area contributed by atoms with Crippen LogP contribution in [0.1, 0.15) is 5.56 Å². The molecule has 1 saturated heterocycles. The van der Waals surface area contributed by atoms with Gasteiger partial charge in [0.15, 0.2) is 0 Å². The number of halogens is 2. The highest BCUT2D eigenvalue weighted by Crippen LogP contribution is 2.29. The van der Waals surface area contributed by atoms with Gasteiger partial charge in [0.25, 0.3) is 5.24 Å². The molecule has 0 radical (unpaired) electrons. The predicted octanol–water partition coefficient (Wildman–Crippen LogP) is 4.40. The van der Waals surface area contributed by atoms with E-state index in [1.807, 2.05) is 6.07 Å². The molecule has 0 atom stereocenters. The fourth-order valence-corrected chi connectivity index (χ4v) is 2.72. The molecule has 0 bridgehead atoms. The van der Waals surface area contributed by atoms with Crippen molar-refractivity contribution in [1.82, 2.24) is 10.3 Å². The first kappa shape index (κ1) is 14.7. The Hall–Kier alpha value is -2.18. The van der Waals surface area contributed by atoms with Gasteiger partial charge in [-0.1, -0.05) is 17.7 Å². The largest absolute Gasteiger partial charge is 0.300 e. The first-order chi connectivity index (χ1) is 10.6. The number of hydrogen-bond donors (Lipinski definition) is 1. The normalized spacial score (nSPS) is 18.0. The van der Waals surface area contributed by atoms with Crippen molar-refractivity contribution >= 4 is 46.2 Å². The van der Waals surface area contributed by atoms with E-state index >= 15 is 0 Å². The number of aromatic nitrogens is 1. The fraction of sp³-hybridized carbons (Fsp3) is 0. The van der Waals surface area contributed by atoms with E-state index in [-0.39, 0.29) is 10.3 Å². The first-order valence-electron chi connectivity index (χ1n) is 6.26.